The van der Waals surface area contributed by atoms with Crippen LogP contribution in [0.5, 0.6) is 0 Å². The highest BCUT2D eigenvalue weighted by atomic mass is 19.1. The molecule has 1 aromatic carbocycles. The SMILES string of the molecule is CCc1c(C(=O)O)ccn1-c1cccc(F)c1. The molecule has 0 fully saturated rings. The van der Waals surface area contributed by atoms with Crippen molar-refractivity contribution in [1.82, 2.24) is 4.57 Å². The van der Waals surface area contributed by atoms with E-state index in [4.69, 9.17) is 5.11 Å². The highest BCUT2D eigenvalue weighted by molar-refractivity contribution is 5.89. The second kappa shape index (κ2) is 4.41. The molecule has 3 nitrogen and oxygen atoms in total. The number of carboxylic acid groups (broad SMARTS) is 1. The molecule has 0 saturated carbocycles. The van der Waals surface area contributed by atoms with Crippen molar-refractivity contribution < 1.29 is 14.3 Å². The summed E-state index contributed by atoms with van der Waals surface area (Å²) in [6.45, 7) is 1.87. The molecule has 2 aromatic rings. The molecule has 17 heavy (non-hydrogen) atoms. The summed E-state index contributed by atoms with van der Waals surface area (Å²) in [6, 6.07) is 7.62. The topological polar surface area (TPSA) is 42.2 Å². The van der Waals surface area contributed by atoms with Crippen molar-refractivity contribution in [2.24, 2.45) is 0 Å². The summed E-state index contributed by atoms with van der Waals surface area (Å²) in [4.78, 5) is 11.0. The van der Waals surface area contributed by atoms with Crippen LogP contribution in [-0.2, 0) is 6.42 Å². The molecule has 0 bridgehead atoms. The van der Waals surface area contributed by atoms with Gasteiger partial charge in [0.1, 0.15) is 5.82 Å². The molecule has 1 heterocycles. The molecule has 0 atom stereocenters. The molecule has 0 aliphatic rings. The van der Waals surface area contributed by atoms with Crippen LogP contribution < -0.4 is 0 Å². The number of carbonyl (C=O) groups is 1. The minimum Gasteiger partial charge on any atom is -0.478 e. The van der Waals surface area contributed by atoms with Crippen LogP contribution in [0.25, 0.3) is 5.69 Å². The first kappa shape index (κ1) is 11.4. The predicted molar refractivity (Wildman–Crippen MR) is 62.1 cm³/mol. The van der Waals surface area contributed by atoms with E-state index in [-0.39, 0.29) is 11.4 Å². The Labute approximate surface area is 98.1 Å². The lowest BCUT2D eigenvalue weighted by Gasteiger charge is -2.08. The average Bonchev–Trinajstić information content (AvgIpc) is 2.72. The second-order valence-corrected chi connectivity index (χ2v) is 3.68. The van der Waals surface area contributed by atoms with E-state index in [2.05, 4.69) is 0 Å². The van der Waals surface area contributed by atoms with E-state index >= 15 is 0 Å². The standard InChI is InChI=1S/C13H12FNO2/c1-2-12-11(13(16)17)6-7-15(12)10-5-3-4-9(14)8-10/h3-8H,2H2,1H3,(H,16,17). The lowest BCUT2D eigenvalue weighted by Crippen LogP contribution is -2.04. The molecule has 0 unspecified atom stereocenters. The Morgan fingerprint density at radius 2 is 2.18 bits per heavy atom. The molecule has 0 aliphatic heterocycles. The first-order valence-electron chi connectivity index (χ1n) is 5.33. The number of hydrogen-bond donors (Lipinski definition) is 1. The number of nitrogens with zero attached hydrogens (tertiary/aromatic N) is 1. The molecule has 0 spiro atoms. The van der Waals surface area contributed by atoms with Crippen molar-refractivity contribution in [2.75, 3.05) is 0 Å². The van der Waals surface area contributed by atoms with Crippen molar-refractivity contribution in [3.05, 3.63) is 53.6 Å². The Morgan fingerprint density at radius 1 is 1.41 bits per heavy atom. The number of aromatic carboxylic acids is 1. The Balaban J connectivity index is 2.56. The molecular weight excluding hydrogens is 221 g/mol. The van der Waals surface area contributed by atoms with Crippen LogP contribution >= 0.6 is 0 Å². The van der Waals surface area contributed by atoms with Gasteiger partial charge in [-0.05, 0) is 30.7 Å². The third-order valence-electron chi connectivity index (χ3n) is 2.64. The van der Waals surface area contributed by atoms with Gasteiger partial charge < -0.3 is 9.67 Å². The Hall–Kier alpha value is -2.10. The second-order valence-electron chi connectivity index (χ2n) is 3.68. The van der Waals surface area contributed by atoms with E-state index in [0.29, 0.717) is 17.8 Å². The zero-order chi connectivity index (χ0) is 12.4. The van der Waals surface area contributed by atoms with Gasteiger partial charge >= 0.3 is 5.97 Å². The van der Waals surface area contributed by atoms with Crippen LogP contribution in [-0.4, -0.2) is 15.6 Å². The Bertz CT molecular complexity index is 560. The number of aromatic nitrogens is 1. The number of hydrogen-bond acceptors (Lipinski definition) is 1. The molecule has 0 saturated heterocycles. The van der Waals surface area contributed by atoms with Gasteiger partial charge in [0.25, 0.3) is 0 Å². The summed E-state index contributed by atoms with van der Waals surface area (Å²) in [7, 11) is 0. The zero-order valence-electron chi connectivity index (χ0n) is 9.35. The van der Waals surface area contributed by atoms with E-state index in [1.54, 1.807) is 22.9 Å². The fourth-order valence-corrected chi connectivity index (χ4v) is 1.89. The maximum Gasteiger partial charge on any atom is 0.337 e. The fraction of sp³-hybridized carbons (Fsp3) is 0.154. The highest BCUT2D eigenvalue weighted by Crippen LogP contribution is 2.18. The fourth-order valence-electron chi connectivity index (χ4n) is 1.89. The van der Waals surface area contributed by atoms with E-state index in [1.165, 1.54) is 18.2 Å². The minimum atomic E-state index is -0.961. The smallest absolute Gasteiger partial charge is 0.337 e. The van der Waals surface area contributed by atoms with Crippen molar-refractivity contribution in [2.45, 2.75) is 13.3 Å². The van der Waals surface area contributed by atoms with E-state index in [0.717, 1.165) is 0 Å². The lowest BCUT2D eigenvalue weighted by atomic mass is 10.2. The quantitative estimate of drug-likeness (QED) is 0.885. The maximum atomic E-state index is 13.1. The van der Waals surface area contributed by atoms with Gasteiger partial charge in [0.2, 0.25) is 0 Å². The third kappa shape index (κ3) is 2.06. The monoisotopic (exact) mass is 233 g/mol. The van der Waals surface area contributed by atoms with Gasteiger partial charge in [0.05, 0.1) is 5.56 Å². The average molecular weight is 233 g/mol. The van der Waals surface area contributed by atoms with Gasteiger partial charge in [0.15, 0.2) is 0 Å². The van der Waals surface area contributed by atoms with Gasteiger partial charge in [-0.2, -0.15) is 0 Å². The molecule has 4 heteroatoms. The summed E-state index contributed by atoms with van der Waals surface area (Å²) in [5, 5.41) is 9.02. The van der Waals surface area contributed by atoms with Crippen LogP contribution in [0.4, 0.5) is 4.39 Å². The largest absolute Gasteiger partial charge is 0.478 e. The zero-order valence-corrected chi connectivity index (χ0v) is 9.35. The van der Waals surface area contributed by atoms with Gasteiger partial charge in [-0.1, -0.05) is 13.0 Å². The van der Waals surface area contributed by atoms with Gasteiger partial charge in [0, 0.05) is 17.6 Å². The van der Waals surface area contributed by atoms with Gasteiger partial charge in [-0.25, -0.2) is 9.18 Å². The van der Waals surface area contributed by atoms with E-state index < -0.39 is 5.97 Å². The maximum absolute atomic E-state index is 13.1. The Morgan fingerprint density at radius 3 is 2.76 bits per heavy atom. The molecule has 1 N–H and O–H groups in total. The minimum absolute atomic E-state index is 0.261. The first-order chi connectivity index (χ1) is 8.13. The molecular formula is C13H12FNO2. The predicted octanol–water partition coefficient (Wildman–Crippen LogP) is 2.88. The number of carboxylic acids is 1. The number of benzene rings is 1. The summed E-state index contributed by atoms with van der Waals surface area (Å²) < 4.78 is 14.8. The van der Waals surface area contributed by atoms with Crippen molar-refractivity contribution >= 4 is 5.97 Å². The normalized spacial score (nSPS) is 10.5. The molecule has 0 aliphatic carbocycles. The highest BCUT2D eigenvalue weighted by Gasteiger charge is 2.14. The number of halogens is 1. The summed E-state index contributed by atoms with van der Waals surface area (Å²) >= 11 is 0. The lowest BCUT2D eigenvalue weighted by molar-refractivity contribution is 0.0696. The van der Waals surface area contributed by atoms with Crippen molar-refractivity contribution in [1.29, 1.82) is 0 Å². The van der Waals surface area contributed by atoms with Crippen molar-refractivity contribution in [3.63, 3.8) is 0 Å². The molecule has 1 aromatic heterocycles. The van der Waals surface area contributed by atoms with E-state index in [1.807, 2.05) is 6.92 Å². The Kier molecular flexibility index (Phi) is 2.95. The van der Waals surface area contributed by atoms with Crippen LogP contribution in [0, 0.1) is 5.82 Å². The van der Waals surface area contributed by atoms with Crippen molar-refractivity contribution in [3.8, 4) is 5.69 Å². The van der Waals surface area contributed by atoms with Crippen LogP contribution in [0.2, 0.25) is 0 Å². The third-order valence-corrected chi connectivity index (χ3v) is 2.64. The summed E-state index contributed by atoms with van der Waals surface area (Å²) in [6.07, 6.45) is 2.22. The molecule has 0 radical (unpaired) electrons. The van der Waals surface area contributed by atoms with Gasteiger partial charge in [-0.3, -0.25) is 0 Å². The summed E-state index contributed by atoms with van der Waals surface area (Å²) in [5.74, 6) is -1.30. The molecule has 2 rings (SSSR count). The van der Waals surface area contributed by atoms with Crippen LogP contribution in [0.3, 0.4) is 0 Å². The van der Waals surface area contributed by atoms with Crippen LogP contribution in [0.1, 0.15) is 23.0 Å². The van der Waals surface area contributed by atoms with Crippen LogP contribution in [0.15, 0.2) is 36.5 Å². The van der Waals surface area contributed by atoms with E-state index in [9.17, 15) is 9.18 Å². The van der Waals surface area contributed by atoms with Gasteiger partial charge in [-0.15, -0.1) is 0 Å². The molecule has 88 valence electrons. The number of rotatable bonds is 3. The first-order valence-corrected chi connectivity index (χ1v) is 5.33. The molecule has 0 amide bonds. The summed E-state index contributed by atoms with van der Waals surface area (Å²) in [5.41, 5.74) is 1.56.